The summed E-state index contributed by atoms with van der Waals surface area (Å²) in [4.78, 5) is 12.3. The summed E-state index contributed by atoms with van der Waals surface area (Å²) in [6.45, 7) is -0.134. The Balaban J connectivity index is 1.68. The van der Waals surface area contributed by atoms with Crippen molar-refractivity contribution in [3.05, 3.63) is 72.3 Å². The van der Waals surface area contributed by atoms with Gasteiger partial charge in [0.2, 0.25) is 15.9 Å². The van der Waals surface area contributed by atoms with Crippen molar-refractivity contribution < 1.29 is 18.3 Å². The molecule has 0 radical (unpaired) electrons. The van der Waals surface area contributed by atoms with E-state index in [1.165, 1.54) is 24.3 Å². The van der Waals surface area contributed by atoms with Crippen molar-refractivity contribution in [2.24, 2.45) is 10.9 Å². The van der Waals surface area contributed by atoms with E-state index in [9.17, 15) is 18.3 Å². The van der Waals surface area contributed by atoms with Crippen molar-refractivity contribution in [3.63, 3.8) is 0 Å². The number of amidine groups is 1. The molecule has 0 saturated heterocycles. The predicted molar refractivity (Wildman–Crippen MR) is 119 cm³/mol. The lowest BCUT2D eigenvalue weighted by Gasteiger charge is -2.11. The molecule has 0 unspecified atom stereocenters. The first-order valence-corrected chi connectivity index (χ1v) is 10.6. The third-order valence-corrected chi connectivity index (χ3v) is 5.39. The molecule has 0 atom stereocenters. The lowest BCUT2D eigenvalue weighted by Crippen LogP contribution is -2.22. The van der Waals surface area contributed by atoms with Crippen molar-refractivity contribution in [2.75, 3.05) is 17.2 Å². The SMILES string of the molecule is N=C(N)c1ccc(O)c(NCC(=O)Nc2ccc(-c3ccccc3S(N)(=O)=O)cc2)c1. The number of amides is 1. The molecule has 0 aliphatic carbocycles. The minimum atomic E-state index is -3.88. The van der Waals surface area contributed by atoms with E-state index in [4.69, 9.17) is 16.3 Å². The minimum absolute atomic E-state index is 0.0172. The van der Waals surface area contributed by atoms with E-state index in [1.807, 2.05) is 0 Å². The number of hydrogen-bond acceptors (Lipinski definition) is 6. The van der Waals surface area contributed by atoms with E-state index in [0.717, 1.165) is 0 Å². The van der Waals surface area contributed by atoms with Crippen LogP contribution in [0, 0.1) is 5.41 Å². The van der Waals surface area contributed by atoms with Gasteiger partial charge in [-0.15, -0.1) is 0 Å². The molecule has 160 valence electrons. The van der Waals surface area contributed by atoms with Crippen molar-refractivity contribution in [3.8, 4) is 16.9 Å². The Morgan fingerprint density at radius 1 is 1.03 bits per heavy atom. The van der Waals surface area contributed by atoms with Gasteiger partial charge in [-0.05, 0) is 42.0 Å². The number of nitrogens with one attached hydrogen (secondary N) is 3. The fourth-order valence-electron chi connectivity index (χ4n) is 2.91. The molecular formula is C21H21N5O4S. The van der Waals surface area contributed by atoms with Crippen LogP contribution in [0.4, 0.5) is 11.4 Å². The number of primary sulfonamides is 1. The molecule has 0 aromatic heterocycles. The van der Waals surface area contributed by atoms with Crippen molar-refractivity contribution in [1.29, 1.82) is 5.41 Å². The third kappa shape index (κ3) is 5.38. The van der Waals surface area contributed by atoms with Gasteiger partial charge in [-0.3, -0.25) is 10.2 Å². The first-order chi connectivity index (χ1) is 14.6. The molecular weight excluding hydrogens is 418 g/mol. The Bertz CT molecular complexity index is 1240. The molecule has 0 fully saturated rings. The smallest absolute Gasteiger partial charge is 0.243 e. The van der Waals surface area contributed by atoms with Gasteiger partial charge in [0, 0.05) is 16.8 Å². The van der Waals surface area contributed by atoms with Crippen LogP contribution < -0.4 is 21.5 Å². The van der Waals surface area contributed by atoms with E-state index in [-0.39, 0.29) is 34.6 Å². The Morgan fingerprint density at radius 2 is 1.71 bits per heavy atom. The molecule has 0 spiro atoms. The van der Waals surface area contributed by atoms with Gasteiger partial charge in [0.05, 0.1) is 17.1 Å². The van der Waals surface area contributed by atoms with E-state index in [0.29, 0.717) is 22.4 Å². The molecule has 0 bridgehead atoms. The van der Waals surface area contributed by atoms with Crippen LogP contribution in [0.2, 0.25) is 0 Å². The summed E-state index contributed by atoms with van der Waals surface area (Å²) >= 11 is 0. The number of carbonyl (C=O) groups is 1. The number of nitrogens with two attached hydrogens (primary N) is 2. The zero-order chi connectivity index (χ0) is 22.6. The van der Waals surface area contributed by atoms with Gasteiger partial charge in [-0.25, -0.2) is 13.6 Å². The van der Waals surface area contributed by atoms with Crippen LogP contribution >= 0.6 is 0 Å². The Morgan fingerprint density at radius 3 is 2.35 bits per heavy atom. The highest BCUT2D eigenvalue weighted by Crippen LogP contribution is 2.28. The van der Waals surface area contributed by atoms with Gasteiger partial charge >= 0.3 is 0 Å². The van der Waals surface area contributed by atoms with E-state index in [1.54, 1.807) is 42.5 Å². The van der Waals surface area contributed by atoms with Gasteiger partial charge in [0.15, 0.2) is 0 Å². The molecule has 0 heterocycles. The largest absolute Gasteiger partial charge is 0.506 e. The van der Waals surface area contributed by atoms with E-state index < -0.39 is 10.0 Å². The Hall–Kier alpha value is -3.89. The highest BCUT2D eigenvalue weighted by molar-refractivity contribution is 7.89. The predicted octanol–water partition coefficient (Wildman–Crippen LogP) is 2.04. The fourth-order valence-corrected chi connectivity index (χ4v) is 3.67. The second-order valence-electron chi connectivity index (χ2n) is 6.67. The zero-order valence-electron chi connectivity index (χ0n) is 16.3. The topological polar surface area (TPSA) is 171 Å². The van der Waals surface area contributed by atoms with Crippen LogP contribution in [0.3, 0.4) is 0 Å². The lowest BCUT2D eigenvalue weighted by atomic mass is 10.1. The standard InChI is InChI=1S/C21H21N5O4S/c22-21(23)14-7-10-18(27)17(11-14)25-12-20(28)26-15-8-5-13(6-9-15)16-3-1-2-4-19(16)31(24,29)30/h1-11,25,27H,12H2,(H3,22,23)(H,26,28)(H2,24,29,30). The normalized spacial score (nSPS) is 11.0. The molecule has 10 heteroatoms. The average molecular weight is 439 g/mol. The molecule has 3 rings (SSSR count). The number of phenolic OH excluding ortho intramolecular Hbond substituents is 1. The highest BCUT2D eigenvalue weighted by Gasteiger charge is 2.14. The summed E-state index contributed by atoms with van der Waals surface area (Å²) in [6, 6.07) is 17.4. The summed E-state index contributed by atoms with van der Waals surface area (Å²) in [7, 11) is -3.88. The first kappa shape index (κ1) is 21.8. The van der Waals surface area contributed by atoms with Gasteiger partial charge < -0.3 is 21.5 Å². The van der Waals surface area contributed by atoms with Gasteiger partial charge in [0.25, 0.3) is 0 Å². The fraction of sp³-hybridized carbons (Fsp3) is 0.0476. The summed E-state index contributed by atoms with van der Waals surface area (Å²) in [6.07, 6.45) is 0. The molecule has 9 nitrogen and oxygen atoms in total. The van der Waals surface area contributed by atoms with Crippen LogP contribution in [0.15, 0.2) is 71.6 Å². The molecule has 0 saturated carbocycles. The van der Waals surface area contributed by atoms with Crippen LogP contribution in [0.1, 0.15) is 5.56 Å². The maximum absolute atomic E-state index is 12.2. The third-order valence-electron chi connectivity index (χ3n) is 4.42. The molecule has 1 amide bonds. The number of nitrogen functional groups attached to an aromatic ring is 1. The van der Waals surface area contributed by atoms with Crippen LogP contribution in [0.25, 0.3) is 11.1 Å². The number of phenols is 1. The van der Waals surface area contributed by atoms with Crippen molar-refractivity contribution in [2.45, 2.75) is 4.90 Å². The number of benzene rings is 3. The summed E-state index contributed by atoms with van der Waals surface area (Å²) < 4.78 is 23.6. The quantitative estimate of drug-likeness (QED) is 0.187. The Kier molecular flexibility index (Phi) is 6.23. The summed E-state index contributed by atoms with van der Waals surface area (Å²) in [5.74, 6) is -0.599. The second kappa shape index (κ2) is 8.86. The highest BCUT2D eigenvalue weighted by atomic mass is 32.2. The molecule has 0 aliphatic rings. The first-order valence-electron chi connectivity index (χ1n) is 9.08. The average Bonchev–Trinajstić information content (AvgIpc) is 2.73. The Labute approximate surface area is 179 Å². The lowest BCUT2D eigenvalue weighted by molar-refractivity contribution is -0.114. The molecule has 31 heavy (non-hydrogen) atoms. The number of carbonyl (C=O) groups excluding carboxylic acids is 1. The van der Waals surface area contributed by atoms with Crippen LogP contribution in [-0.4, -0.2) is 31.8 Å². The van der Waals surface area contributed by atoms with Crippen LogP contribution in [0.5, 0.6) is 5.75 Å². The minimum Gasteiger partial charge on any atom is -0.506 e. The summed E-state index contributed by atoms with van der Waals surface area (Å²) in [5.41, 5.74) is 7.72. The molecule has 3 aromatic rings. The molecule has 3 aromatic carbocycles. The maximum atomic E-state index is 12.2. The second-order valence-corrected chi connectivity index (χ2v) is 8.20. The number of hydrogen-bond donors (Lipinski definition) is 6. The number of anilines is 2. The van der Waals surface area contributed by atoms with E-state index in [2.05, 4.69) is 10.6 Å². The van der Waals surface area contributed by atoms with Gasteiger partial charge in [-0.1, -0.05) is 30.3 Å². The van der Waals surface area contributed by atoms with Gasteiger partial charge in [0.1, 0.15) is 11.6 Å². The maximum Gasteiger partial charge on any atom is 0.243 e. The van der Waals surface area contributed by atoms with Gasteiger partial charge in [-0.2, -0.15) is 0 Å². The number of aromatic hydroxyl groups is 1. The van der Waals surface area contributed by atoms with Crippen molar-refractivity contribution >= 4 is 33.1 Å². The number of rotatable bonds is 7. The molecule has 8 N–H and O–H groups in total. The van der Waals surface area contributed by atoms with Crippen LogP contribution in [-0.2, 0) is 14.8 Å². The van der Waals surface area contributed by atoms with E-state index >= 15 is 0 Å². The number of sulfonamides is 1. The monoisotopic (exact) mass is 439 g/mol. The molecule has 0 aliphatic heterocycles. The van der Waals surface area contributed by atoms with Crippen molar-refractivity contribution in [1.82, 2.24) is 0 Å². The zero-order valence-corrected chi connectivity index (χ0v) is 17.1. The summed E-state index contributed by atoms with van der Waals surface area (Å²) in [5, 5.41) is 28.1.